The van der Waals surface area contributed by atoms with Crippen LogP contribution in [0.1, 0.15) is 49.0 Å². The van der Waals surface area contributed by atoms with Crippen LogP contribution in [0, 0.1) is 6.92 Å². The number of nitrogens with one attached hydrogen (secondary N) is 1. The van der Waals surface area contributed by atoms with E-state index in [1.165, 1.54) is 0 Å². The van der Waals surface area contributed by atoms with Crippen molar-refractivity contribution in [2.45, 2.75) is 56.7 Å². The van der Waals surface area contributed by atoms with Crippen molar-refractivity contribution >= 4 is 5.91 Å². The van der Waals surface area contributed by atoms with Crippen molar-refractivity contribution in [2.75, 3.05) is 13.1 Å². The first-order valence-corrected chi connectivity index (χ1v) is 9.49. The molecule has 0 spiro atoms. The molecule has 0 aromatic carbocycles. The fourth-order valence-corrected chi connectivity index (χ4v) is 3.66. The second-order valence-corrected chi connectivity index (χ2v) is 7.66. The zero-order valence-electron chi connectivity index (χ0n) is 15.5. The van der Waals surface area contributed by atoms with Gasteiger partial charge in [-0.25, -0.2) is 0 Å². The standard InChI is InChI=1S/C19H25N5O3/c1-13-21-16(27-23-13)10-19(26)7-3-9-24(12-19)18(25)17(22-15-5-6-15)14-4-2-8-20-11-14/h2,4,8,11,15,17,22,26H,3,5-7,9-10,12H2,1H3. The van der Waals surface area contributed by atoms with E-state index < -0.39 is 11.6 Å². The number of nitrogens with zero attached hydrogens (tertiary/aromatic N) is 4. The van der Waals surface area contributed by atoms with Gasteiger partial charge in [-0.05, 0) is 44.2 Å². The molecular weight excluding hydrogens is 346 g/mol. The molecular formula is C19H25N5O3. The minimum atomic E-state index is -1.05. The van der Waals surface area contributed by atoms with Crippen LogP contribution in [0.3, 0.4) is 0 Å². The molecule has 2 aliphatic rings. The molecule has 2 atom stereocenters. The Kier molecular flexibility index (Phi) is 4.92. The minimum absolute atomic E-state index is 0.0188. The normalized spacial score (nSPS) is 24.0. The van der Waals surface area contributed by atoms with Crippen LogP contribution in [0.15, 0.2) is 29.0 Å². The summed E-state index contributed by atoms with van der Waals surface area (Å²) >= 11 is 0. The summed E-state index contributed by atoms with van der Waals surface area (Å²) in [6, 6.07) is 3.71. The van der Waals surface area contributed by atoms with Gasteiger partial charge in [0.2, 0.25) is 11.8 Å². The summed E-state index contributed by atoms with van der Waals surface area (Å²) in [4.78, 5) is 23.4. The van der Waals surface area contributed by atoms with Crippen molar-refractivity contribution in [1.82, 2.24) is 25.3 Å². The summed E-state index contributed by atoms with van der Waals surface area (Å²) in [5, 5.41) is 18.3. The minimum Gasteiger partial charge on any atom is -0.388 e. The number of hydrogen-bond donors (Lipinski definition) is 2. The lowest BCUT2D eigenvalue weighted by Gasteiger charge is -2.40. The largest absolute Gasteiger partial charge is 0.388 e. The van der Waals surface area contributed by atoms with Crippen LogP contribution in [0.4, 0.5) is 0 Å². The molecule has 4 rings (SSSR count). The average Bonchev–Trinajstić information content (AvgIpc) is 3.40. The van der Waals surface area contributed by atoms with E-state index in [9.17, 15) is 9.90 Å². The van der Waals surface area contributed by atoms with Gasteiger partial charge in [-0.3, -0.25) is 15.1 Å². The number of aromatic nitrogens is 3. The lowest BCUT2D eigenvalue weighted by molar-refractivity contribution is -0.141. The Balaban J connectivity index is 1.49. The molecule has 8 heteroatoms. The van der Waals surface area contributed by atoms with Crippen molar-refractivity contribution in [2.24, 2.45) is 0 Å². The lowest BCUT2D eigenvalue weighted by Crippen LogP contribution is -2.54. The second-order valence-electron chi connectivity index (χ2n) is 7.66. The van der Waals surface area contributed by atoms with Gasteiger partial charge < -0.3 is 14.5 Å². The van der Waals surface area contributed by atoms with E-state index >= 15 is 0 Å². The maximum Gasteiger partial charge on any atom is 0.244 e. The smallest absolute Gasteiger partial charge is 0.244 e. The van der Waals surface area contributed by atoms with E-state index in [1.807, 2.05) is 12.1 Å². The number of hydrogen-bond acceptors (Lipinski definition) is 7. The van der Waals surface area contributed by atoms with E-state index in [2.05, 4.69) is 20.4 Å². The number of rotatable bonds is 6. The molecule has 2 unspecified atom stereocenters. The molecule has 2 N–H and O–H groups in total. The first kappa shape index (κ1) is 18.1. The van der Waals surface area contributed by atoms with E-state index in [4.69, 9.17) is 4.52 Å². The Hall–Kier alpha value is -2.32. The number of aryl methyl sites for hydroxylation is 1. The maximum atomic E-state index is 13.3. The van der Waals surface area contributed by atoms with Gasteiger partial charge in [0.05, 0.1) is 12.0 Å². The van der Waals surface area contributed by atoms with Crippen LogP contribution >= 0.6 is 0 Å². The zero-order chi connectivity index (χ0) is 18.9. The fraction of sp³-hybridized carbons (Fsp3) is 0.579. The summed E-state index contributed by atoms with van der Waals surface area (Å²) in [6.07, 6.45) is 7.20. The van der Waals surface area contributed by atoms with Crippen LogP contribution in [0.25, 0.3) is 0 Å². The third kappa shape index (κ3) is 4.33. The molecule has 0 bridgehead atoms. The monoisotopic (exact) mass is 371 g/mol. The number of amides is 1. The molecule has 144 valence electrons. The average molecular weight is 371 g/mol. The Bertz CT molecular complexity index is 792. The third-order valence-electron chi connectivity index (χ3n) is 5.16. The van der Waals surface area contributed by atoms with E-state index in [0.717, 1.165) is 24.8 Å². The van der Waals surface area contributed by atoms with E-state index in [1.54, 1.807) is 24.2 Å². The topological polar surface area (TPSA) is 104 Å². The van der Waals surface area contributed by atoms with Crippen molar-refractivity contribution < 1.29 is 14.4 Å². The second kappa shape index (κ2) is 7.36. The van der Waals surface area contributed by atoms with Crippen LogP contribution in [-0.4, -0.2) is 55.8 Å². The summed E-state index contributed by atoms with van der Waals surface area (Å²) in [5.41, 5.74) is -0.192. The number of pyridine rings is 1. The third-order valence-corrected chi connectivity index (χ3v) is 5.16. The first-order chi connectivity index (χ1) is 13.0. The number of piperidine rings is 1. The lowest BCUT2D eigenvalue weighted by atomic mass is 9.89. The quantitative estimate of drug-likeness (QED) is 0.785. The van der Waals surface area contributed by atoms with Gasteiger partial charge in [-0.2, -0.15) is 4.98 Å². The highest BCUT2D eigenvalue weighted by Gasteiger charge is 2.40. The highest BCUT2D eigenvalue weighted by Crippen LogP contribution is 2.29. The molecule has 8 nitrogen and oxygen atoms in total. The molecule has 1 saturated carbocycles. The number of carbonyl (C=O) groups is 1. The van der Waals surface area contributed by atoms with Crippen LogP contribution in [0.5, 0.6) is 0 Å². The molecule has 2 aromatic heterocycles. The van der Waals surface area contributed by atoms with Crippen LogP contribution < -0.4 is 5.32 Å². The molecule has 1 saturated heterocycles. The van der Waals surface area contributed by atoms with Crippen molar-refractivity contribution in [3.05, 3.63) is 41.8 Å². The Morgan fingerprint density at radius 2 is 2.37 bits per heavy atom. The molecule has 2 aromatic rings. The Morgan fingerprint density at radius 3 is 3.04 bits per heavy atom. The van der Waals surface area contributed by atoms with E-state index in [0.29, 0.717) is 30.7 Å². The molecule has 1 aliphatic heterocycles. The Morgan fingerprint density at radius 1 is 1.52 bits per heavy atom. The van der Waals surface area contributed by atoms with Gasteiger partial charge in [0.15, 0.2) is 5.82 Å². The van der Waals surface area contributed by atoms with E-state index in [-0.39, 0.29) is 18.9 Å². The molecule has 0 radical (unpaired) electrons. The maximum absolute atomic E-state index is 13.3. The number of likely N-dealkylation sites (tertiary alicyclic amines) is 1. The summed E-state index contributed by atoms with van der Waals surface area (Å²) in [7, 11) is 0. The number of aliphatic hydroxyl groups is 1. The number of carbonyl (C=O) groups excluding carboxylic acids is 1. The Labute approximate surface area is 158 Å². The zero-order valence-corrected chi connectivity index (χ0v) is 15.5. The molecule has 1 aliphatic carbocycles. The first-order valence-electron chi connectivity index (χ1n) is 9.49. The van der Waals surface area contributed by atoms with Crippen LogP contribution in [0.2, 0.25) is 0 Å². The highest BCUT2D eigenvalue weighted by atomic mass is 16.5. The van der Waals surface area contributed by atoms with Crippen LogP contribution in [-0.2, 0) is 11.2 Å². The molecule has 2 fully saturated rings. The van der Waals surface area contributed by atoms with Gasteiger partial charge >= 0.3 is 0 Å². The van der Waals surface area contributed by atoms with Gasteiger partial charge in [-0.1, -0.05) is 11.2 Å². The van der Waals surface area contributed by atoms with Crippen molar-refractivity contribution in [1.29, 1.82) is 0 Å². The predicted molar refractivity (Wildman–Crippen MR) is 96.6 cm³/mol. The molecule has 3 heterocycles. The SMILES string of the molecule is Cc1noc(CC2(O)CCCN(C(=O)C(NC3CC3)c3cccnc3)C2)n1. The van der Waals surface area contributed by atoms with Gasteiger partial charge in [-0.15, -0.1) is 0 Å². The van der Waals surface area contributed by atoms with Crippen molar-refractivity contribution in [3.63, 3.8) is 0 Å². The van der Waals surface area contributed by atoms with Gasteiger partial charge in [0, 0.05) is 31.5 Å². The van der Waals surface area contributed by atoms with Gasteiger partial charge in [0.1, 0.15) is 6.04 Å². The number of β-amino-alcohol motifs (C(OH)–C–C–N with tert-alkyl or cyclic N) is 1. The fourth-order valence-electron chi connectivity index (χ4n) is 3.66. The predicted octanol–water partition coefficient (Wildman–Crippen LogP) is 1.16. The van der Waals surface area contributed by atoms with Crippen molar-refractivity contribution in [3.8, 4) is 0 Å². The van der Waals surface area contributed by atoms with Gasteiger partial charge in [0.25, 0.3) is 0 Å². The molecule has 1 amide bonds. The highest BCUT2D eigenvalue weighted by molar-refractivity contribution is 5.83. The summed E-state index contributed by atoms with van der Waals surface area (Å²) < 4.78 is 5.16. The summed E-state index contributed by atoms with van der Waals surface area (Å²) in [5.74, 6) is 0.932. The summed E-state index contributed by atoms with van der Waals surface area (Å²) in [6.45, 7) is 2.64. The molecule has 27 heavy (non-hydrogen) atoms.